The summed E-state index contributed by atoms with van der Waals surface area (Å²) in [5.41, 5.74) is 0. The Morgan fingerprint density at radius 3 is 2.84 bits per heavy atom. The molecule has 1 aliphatic heterocycles. The van der Waals surface area contributed by atoms with Gasteiger partial charge in [0, 0.05) is 19.6 Å². The summed E-state index contributed by atoms with van der Waals surface area (Å²) >= 11 is 5.81. The molecule has 0 aromatic heterocycles. The number of alkyl halides is 1. The van der Waals surface area contributed by atoms with Crippen molar-refractivity contribution in [3.05, 3.63) is 0 Å². The highest BCUT2D eigenvalue weighted by Crippen LogP contribution is 2.17. The summed E-state index contributed by atoms with van der Waals surface area (Å²) in [7, 11) is -1.82. The van der Waals surface area contributed by atoms with Gasteiger partial charge in [-0.15, -0.1) is 11.6 Å². The minimum atomic E-state index is -3.11. The zero-order chi connectivity index (χ0) is 14.5. The first kappa shape index (κ1) is 16.7. The van der Waals surface area contributed by atoms with E-state index in [4.69, 9.17) is 11.6 Å². The summed E-state index contributed by atoms with van der Waals surface area (Å²) in [4.78, 5) is 11.1. The number of hydrogen-bond acceptors (Lipinski definition) is 5. The van der Waals surface area contributed by atoms with E-state index in [1.807, 2.05) is 0 Å². The van der Waals surface area contributed by atoms with Gasteiger partial charge in [0.05, 0.1) is 13.4 Å². The van der Waals surface area contributed by atoms with Gasteiger partial charge in [0.1, 0.15) is 5.38 Å². The van der Waals surface area contributed by atoms with Crippen LogP contribution in [-0.2, 0) is 19.6 Å². The molecule has 0 aliphatic carbocycles. The van der Waals surface area contributed by atoms with Crippen LogP contribution in [0.2, 0.25) is 0 Å². The molecular formula is C11H21ClN2O4S. The molecule has 112 valence electrons. The van der Waals surface area contributed by atoms with Gasteiger partial charge in [-0.25, -0.2) is 12.7 Å². The van der Waals surface area contributed by atoms with E-state index in [0.717, 1.165) is 12.8 Å². The predicted molar refractivity (Wildman–Crippen MR) is 73.7 cm³/mol. The highest BCUT2D eigenvalue weighted by atomic mass is 35.5. The Kier molecular flexibility index (Phi) is 6.52. The van der Waals surface area contributed by atoms with Crippen molar-refractivity contribution in [2.45, 2.75) is 18.2 Å². The first-order chi connectivity index (χ1) is 8.84. The van der Waals surface area contributed by atoms with Crippen LogP contribution in [0.3, 0.4) is 0 Å². The van der Waals surface area contributed by atoms with Crippen molar-refractivity contribution in [3.8, 4) is 0 Å². The monoisotopic (exact) mass is 312 g/mol. The molecule has 2 unspecified atom stereocenters. The summed E-state index contributed by atoms with van der Waals surface area (Å²) in [5, 5.41) is 2.38. The molecule has 0 bridgehead atoms. The van der Waals surface area contributed by atoms with Crippen LogP contribution >= 0.6 is 11.6 Å². The van der Waals surface area contributed by atoms with E-state index < -0.39 is 21.4 Å². The summed E-state index contributed by atoms with van der Waals surface area (Å²) in [6, 6.07) is 0. The number of hydrogen-bond donors (Lipinski definition) is 1. The van der Waals surface area contributed by atoms with Crippen LogP contribution in [0, 0.1) is 5.92 Å². The van der Waals surface area contributed by atoms with Crippen LogP contribution in [0.4, 0.5) is 0 Å². The lowest BCUT2D eigenvalue weighted by atomic mass is 10.00. The van der Waals surface area contributed by atoms with Crippen molar-refractivity contribution in [1.82, 2.24) is 9.62 Å². The van der Waals surface area contributed by atoms with Gasteiger partial charge in [0.2, 0.25) is 10.0 Å². The minimum absolute atomic E-state index is 0.255. The number of methoxy groups -OCH3 is 1. The van der Waals surface area contributed by atoms with E-state index in [2.05, 4.69) is 10.1 Å². The number of nitrogens with zero attached hydrogens (tertiary/aromatic N) is 1. The predicted octanol–water partition coefficient (Wildman–Crippen LogP) is 0.0280. The molecule has 6 nitrogen and oxygen atoms in total. The molecule has 1 heterocycles. The van der Waals surface area contributed by atoms with Gasteiger partial charge in [0.15, 0.2) is 0 Å². The molecule has 0 aromatic rings. The first-order valence-electron chi connectivity index (χ1n) is 6.22. The number of esters is 1. The Labute approximate surface area is 119 Å². The Morgan fingerprint density at radius 2 is 2.26 bits per heavy atom. The number of sulfonamides is 1. The van der Waals surface area contributed by atoms with E-state index in [1.54, 1.807) is 0 Å². The smallest absolute Gasteiger partial charge is 0.325 e. The van der Waals surface area contributed by atoms with Crippen molar-refractivity contribution in [3.63, 3.8) is 0 Å². The third-order valence-corrected chi connectivity index (χ3v) is 4.77. The molecule has 2 atom stereocenters. The van der Waals surface area contributed by atoms with E-state index in [-0.39, 0.29) is 5.92 Å². The molecule has 0 amide bonds. The van der Waals surface area contributed by atoms with E-state index in [1.165, 1.54) is 17.7 Å². The molecule has 1 N–H and O–H groups in total. The van der Waals surface area contributed by atoms with Crippen molar-refractivity contribution in [1.29, 1.82) is 0 Å². The molecule has 19 heavy (non-hydrogen) atoms. The van der Waals surface area contributed by atoms with Crippen LogP contribution in [-0.4, -0.2) is 63.6 Å². The first-order valence-corrected chi connectivity index (χ1v) is 8.50. The van der Waals surface area contributed by atoms with Crippen LogP contribution in [0.15, 0.2) is 0 Å². The van der Waals surface area contributed by atoms with Crippen molar-refractivity contribution >= 4 is 27.6 Å². The number of piperidine rings is 1. The molecule has 1 fully saturated rings. The number of halogens is 1. The van der Waals surface area contributed by atoms with Crippen LogP contribution < -0.4 is 5.32 Å². The maximum Gasteiger partial charge on any atom is 0.325 e. The minimum Gasteiger partial charge on any atom is -0.468 e. The average molecular weight is 313 g/mol. The van der Waals surface area contributed by atoms with E-state index in [0.29, 0.717) is 26.2 Å². The average Bonchev–Trinajstić information content (AvgIpc) is 2.37. The third-order valence-electron chi connectivity index (χ3n) is 3.16. The highest BCUT2D eigenvalue weighted by Gasteiger charge is 2.26. The highest BCUT2D eigenvalue weighted by molar-refractivity contribution is 7.88. The molecule has 8 heteroatoms. The maximum atomic E-state index is 11.5. The fourth-order valence-corrected chi connectivity index (χ4v) is 3.26. The lowest BCUT2D eigenvalue weighted by molar-refractivity contribution is -0.140. The van der Waals surface area contributed by atoms with Gasteiger partial charge in [-0.2, -0.15) is 0 Å². The standard InChI is InChI=1S/C11H21ClN2O4S/c1-18-11(15)10(12)7-13-6-9-4-3-5-14(8-9)19(2,16)17/h9-10,13H,3-8H2,1-2H3. The lowest BCUT2D eigenvalue weighted by Gasteiger charge is -2.31. The fraction of sp³-hybridized carbons (Fsp3) is 0.909. The number of nitrogens with one attached hydrogen (secondary N) is 1. The summed E-state index contributed by atoms with van der Waals surface area (Å²) in [6.45, 7) is 2.09. The number of rotatable bonds is 6. The number of ether oxygens (including phenoxy) is 1. The molecule has 0 spiro atoms. The van der Waals surface area contributed by atoms with Gasteiger partial charge in [0.25, 0.3) is 0 Å². The normalized spacial score (nSPS) is 23.0. The van der Waals surface area contributed by atoms with Crippen LogP contribution in [0.1, 0.15) is 12.8 Å². The van der Waals surface area contributed by atoms with Gasteiger partial charge in [-0.1, -0.05) is 0 Å². The molecule has 1 saturated heterocycles. The topological polar surface area (TPSA) is 75.7 Å². The van der Waals surface area contributed by atoms with E-state index >= 15 is 0 Å². The zero-order valence-corrected chi connectivity index (χ0v) is 12.8. The van der Waals surface area contributed by atoms with Crippen molar-refractivity contribution in [2.75, 3.05) is 39.5 Å². The molecule has 0 saturated carbocycles. The second-order valence-corrected chi connectivity index (χ2v) is 7.29. The third kappa shape index (κ3) is 5.64. The lowest BCUT2D eigenvalue weighted by Crippen LogP contribution is -2.43. The van der Waals surface area contributed by atoms with Gasteiger partial charge in [-0.05, 0) is 25.3 Å². The Hall–Kier alpha value is -0.370. The summed E-state index contributed by atoms with van der Waals surface area (Å²) in [5.74, 6) is -0.208. The van der Waals surface area contributed by atoms with E-state index in [9.17, 15) is 13.2 Å². The Morgan fingerprint density at radius 1 is 1.58 bits per heavy atom. The largest absolute Gasteiger partial charge is 0.468 e. The second-order valence-electron chi connectivity index (χ2n) is 4.78. The molecule has 0 aromatic carbocycles. The van der Waals surface area contributed by atoms with Crippen LogP contribution in [0.25, 0.3) is 0 Å². The van der Waals surface area contributed by atoms with Gasteiger partial charge < -0.3 is 10.1 Å². The molecule has 0 radical (unpaired) electrons. The zero-order valence-electron chi connectivity index (χ0n) is 11.3. The summed E-state index contributed by atoms with van der Waals surface area (Å²) < 4.78 is 28.9. The quantitative estimate of drug-likeness (QED) is 0.553. The Balaban J connectivity index is 2.32. The number of carbonyl (C=O) groups is 1. The van der Waals surface area contributed by atoms with Crippen molar-refractivity contribution in [2.24, 2.45) is 5.92 Å². The molecular weight excluding hydrogens is 292 g/mol. The van der Waals surface area contributed by atoms with Gasteiger partial charge in [-0.3, -0.25) is 4.79 Å². The second kappa shape index (κ2) is 7.42. The Bertz CT molecular complexity index is 401. The molecule has 1 aliphatic rings. The van der Waals surface area contributed by atoms with Crippen molar-refractivity contribution < 1.29 is 17.9 Å². The van der Waals surface area contributed by atoms with Gasteiger partial charge >= 0.3 is 5.97 Å². The SMILES string of the molecule is COC(=O)C(Cl)CNCC1CCCN(S(C)(=O)=O)C1. The molecule has 1 rings (SSSR count). The number of carbonyl (C=O) groups excluding carboxylic acids is 1. The summed E-state index contributed by atoms with van der Waals surface area (Å²) in [6.07, 6.45) is 3.07. The van der Waals surface area contributed by atoms with Crippen LogP contribution in [0.5, 0.6) is 0 Å². The fourth-order valence-electron chi connectivity index (χ4n) is 2.12. The maximum absolute atomic E-state index is 11.5.